The molecule has 0 atom stereocenters. The quantitative estimate of drug-likeness (QED) is 0.800. The molecule has 1 amide bonds. The molecule has 1 heterocycles. The Morgan fingerprint density at radius 3 is 2.70 bits per heavy atom. The van der Waals surface area contributed by atoms with Crippen molar-refractivity contribution in [1.82, 2.24) is 9.88 Å². The van der Waals surface area contributed by atoms with E-state index in [0.29, 0.717) is 28.2 Å². The molecule has 3 rings (SSSR count). The Morgan fingerprint density at radius 1 is 1.22 bits per heavy atom. The summed E-state index contributed by atoms with van der Waals surface area (Å²) in [7, 11) is 1.61. The Bertz CT molecular complexity index is 910. The number of amides is 1. The Labute approximate surface area is 137 Å². The molecule has 1 N–H and O–H groups in total. The first-order chi connectivity index (χ1) is 11.0. The molecule has 0 unspecified atom stereocenters. The van der Waals surface area contributed by atoms with Crippen molar-refractivity contribution in [3.63, 3.8) is 0 Å². The van der Waals surface area contributed by atoms with Gasteiger partial charge in [-0.1, -0.05) is 23.7 Å². The Balaban J connectivity index is 1.67. The summed E-state index contributed by atoms with van der Waals surface area (Å²) >= 11 is 5.84. The lowest BCUT2D eigenvalue weighted by atomic mass is 10.1. The third-order valence-electron chi connectivity index (χ3n) is 3.67. The van der Waals surface area contributed by atoms with E-state index in [9.17, 15) is 9.59 Å². The highest BCUT2D eigenvalue weighted by molar-refractivity contribution is 6.30. The SMILES string of the molecule is Cn1c(=O)oc2ccc(C(=O)NCCc3ccc(Cl)cc3)cc21. The van der Waals surface area contributed by atoms with Crippen LogP contribution in [0.3, 0.4) is 0 Å². The largest absolute Gasteiger partial charge is 0.419 e. The number of benzene rings is 2. The molecule has 0 saturated carbocycles. The normalized spacial score (nSPS) is 10.9. The van der Waals surface area contributed by atoms with Crippen molar-refractivity contribution < 1.29 is 9.21 Å². The number of fused-ring (bicyclic) bond motifs is 1. The molecule has 0 spiro atoms. The van der Waals surface area contributed by atoms with Gasteiger partial charge in [0.1, 0.15) is 0 Å². The van der Waals surface area contributed by atoms with Crippen LogP contribution in [0.25, 0.3) is 11.1 Å². The number of aromatic nitrogens is 1. The molecule has 0 fully saturated rings. The Morgan fingerprint density at radius 2 is 1.96 bits per heavy atom. The number of nitrogens with zero attached hydrogens (tertiary/aromatic N) is 1. The minimum atomic E-state index is -0.444. The number of rotatable bonds is 4. The van der Waals surface area contributed by atoms with Crippen LogP contribution in [0.1, 0.15) is 15.9 Å². The fourth-order valence-electron chi connectivity index (χ4n) is 2.34. The highest BCUT2D eigenvalue weighted by Gasteiger charge is 2.10. The van der Waals surface area contributed by atoms with Crippen LogP contribution in [0, 0.1) is 0 Å². The first-order valence-corrected chi connectivity index (χ1v) is 7.54. The maximum absolute atomic E-state index is 12.2. The van der Waals surface area contributed by atoms with Gasteiger partial charge in [0.2, 0.25) is 0 Å². The molecule has 5 nitrogen and oxygen atoms in total. The number of carbonyl (C=O) groups is 1. The molecule has 3 aromatic rings. The van der Waals surface area contributed by atoms with Gasteiger partial charge in [-0.15, -0.1) is 0 Å². The van der Waals surface area contributed by atoms with Gasteiger partial charge < -0.3 is 9.73 Å². The molecule has 0 radical (unpaired) electrons. The van der Waals surface area contributed by atoms with Crippen molar-refractivity contribution in [1.29, 1.82) is 0 Å². The first-order valence-electron chi connectivity index (χ1n) is 7.17. The van der Waals surface area contributed by atoms with Crippen molar-refractivity contribution in [2.45, 2.75) is 6.42 Å². The van der Waals surface area contributed by atoms with Crippen LogP contribution < -0.4 is 11.1 Å². The van der Waals surface area contributed by atoms with Gasteiger partial charge in [0.15, 0.2) is 5.58 Å². The summed E-state index contributed by atoms with van der Waals surface area (Å²) in [6, 6.07) is 12.4. The van der Waals surface area contributed by atoms with Gasteiger partial charge in [0, 0.05) is 24.2 Å². The van der Waals surface area contributed by atoms with E-state index in [0.717, 1.165) is 12.0 Å². The number of aryl methyl sites for hydroxylation is 1. The van der Waals surface area contributed by atoms with Crippen molar-refractivity contribution in [2.24, 2.45) is 7.05 Å². The zero-order valence-electron chi connectivity index (χ0n) is 12.5. The molecule has 0 aliphatic heterocycles. The molecule has 6 heteroatoms. The summed E-state index contributed by atoms with van der Waals surface area (Å²) in [5.74, 6) is -0.630. The lowest BCUT2D eigenvalue weighted by Gasteiger charge is -2.06. The smallest absolute Gasteiger partial charge is 0.408 e. The molecule has 1 aromatic heterocycles. The van der Waals surface area contributed by atoms with Crippen LogP contribution in [-0.4, -0.2) is 17.0 Å². The van der Waals surface area contributed by atoms with Crippen LogP contribution in [-0.2, 0) is 13.5 Å². The van der Waals surface area contributed by atoms with Gasteiger partial charge >= 0.3 is 5.76 Å². The lowest BCUT2D eigenvalue weighted by molar-refractivity contribution is 0.0954. The lowest BCUT2D eigenvalue weighted by Crippen LogP contribution is -2.25. The van der Waals surface area contributed by atoms with Crippen molar-refractivity contribution >= 4 is 28.6 Å². The van der Waals surface area contributed by atoms with Gasteiger partial charge in [0.05, 0.1) is 5.52 Å². The van der Waals surface area contributed by atoms with E-state index in [1.165, 1.54) is 4.57 Å². The van der Waals surface area contributed by atoms with Gasteiger partial charge in [-0.05, 0) is 42.3 Å². The predicted molar refractivity (Wildman–Crippen MR) is 88.9 cm³/mol. The molecule has 23 heavy (non-hydrogen) atoms. The number of hydrogen-bond donors (Lipinski definition) is 1. The number of hydrogen-bond acceptors (Lipinski definition) is 3. The second kappa shape index (κ2) is 6.30. The molecule has 118 valence electrons. The number of oxazole rings is 1. The van der Waals surface area contributed by atoms with E-state index in [1.807, 2.05) is 24.3 Å². The van der Waals surface area contributed by atoms with E-state index < -0.39 is 5.76 Å². The average molecular weight is 331 g/mol. The van der Waals surface area contributed by atoms with Gasteiger partial charge in [-0.3, -0.25) is 9.36 Å². The fourth-order valence-corrected chi connectivity index (χ4v) is 2.47. The number of nitrogens with one attached hydrogen (secondary N) is 1. The number of carbonyl (C=O) groups excluding carboxylic acids is 1. The third kappa shape index (κ3) is 3.29. The van der Waals surface area contributed by atoms with E-state index in [-0.39, 0.29) is 5.91 Å². The minimum Gasteiger partial charge on any atom is -0.408 e. The summed E-state index contributed by atoms with van der Waals surface area (Å²) in [5, 5.41) is 3.55. The minimum absolute atomic E-state index is 0.186. The second-order valence-electron chi connectivity index (χ2n) is 5.24. The third-order valence-corrected chi connectivity index (χ3v) is 3.92. The highest BCUT2D eigenvalue weighted by atomic mass is 35.5. The summed E-state index contributed by atoms with van der Waals surface area (Å²) < 4.78 is 6.42. The zero-order valence-corrected chi connectivity index (χ0v) is 13.3. The van der Waals surface area contributed by atoms with E-state index in [4.69, 9.17) is 16.0 Å². The fraction of sp³-hybridized carbons (Fsp3) is 0.176. The summed E-state index contributed by atoms with van der Waals surface area (Å²) in [6.07, 6.45) is 0.718. The van der Waals surface area contributed by atoms with Crippen molar-refractivity contribution in [2.75, 3.05) is 6.54 Å². The molecule has 0 aliphatic carbocycles. The molecule has 2 aromatic carbocycles. The summed E-state index contributed by atoms with van der Waals surface area (Å²) in [6.45, 7) is 0.517. The van der Waals surface area contributed by atoms with Crippen LogP contribution in [0.2, 0.25) is 5.02 Å². The summed E-state index contributed by atoms with van der Waals surface area (Å²) in [5.41, 5.74) is 2.66. The Hall–Kier alpha value is -2.53. The maximum atomic E-state index is 12.2. The predicted octanol–water partition coefficient (Wildman–Crippen LogP) is 2.76. The van der Waals surface area contributed by atoms with Crippen LogP contribution in [0.4, 0.5) is 0 Å². The highest BCUT2D eigenvalue weighted by Crippen LogP contribution is 2.14. The standard InChI is InChI=1S/C17H15ClN2O3/c1-20-14-10-12(4-7-15(14)23-17(20)22)16(21)19-9-8-11-2-5-13(18)6-3-11/h2-7,10H,8-9H2,1H3,(H,19,21). The molecule has 0 aliphatic rings. The second-order valence-corrected chi connectivity index (χ2v) is 5.68. The molecule has 0 saturated heterocycles. The Kier molecular flexibility index (Phi) is 4.21. The van der Waals surface area contributed by atoms with E-state index in [2.05, 4.69) is 5.32 Å². The zero-order chi connectivity index (χ0) is 16.4. The van der Waals surface area contributed by atoms with Crippen LogP contribution >= 0.6 is 11.6 Å². The summed E-state index contributed by atoms with van der Waals surface area (Å²) in [4.78, 5) is 23.7. The van der Waals surface area contributed by atoms with Crippen molar-refractivity contribution in [3.05, 3.63) is 69.2 Å². The topological polar surface area (TPSA) is 64.2 Å². The monoisotopic (exact) mass is 330 g/mol. The molecular weight excluding hydrogens is 316 g/mol. The molecule has 0 bridgehead atoms. The van der Waals surface area contributed by atoms with Gasteiger partial charge in [-0.25, -0.2) is 4.79 Å². The molecular formula is C17H15ClN2O3. The van der Waals surface area contributed by atoms with Gasteiger partial charge in [-0.2, -0.15) is 0 Å². The number of halogens is 1. The first kappa shape index (κ1) is 15.4. The van der Waals surface area contributed by atoms with Gasteiger partial charge in [0.25, 0.3) is 5.91 Å². The van der Waals surface area contributed by atoms with Crippen LogP contribution in [0.5, 0.6) is 0 Å². The van der Waals surface area contributed by atoms with E-state index >= 15 is 0 Å². The maximum Gasteiger partial charge on any atom is 0.419 e. The average Bonchev–Trinajstić information content (AvgIpc) is 2.83. The van der Waals surface area contributed by atoms with E-state index in [1.54, 1.807) is 25.2 Å². The van der Waals surface area contributed by atoms with Crippen molar-refractivity contribution in [3.8, 4) is 0 Å². The van der Waals surface area contributed by atoms with Crippen LogP contribution in [0.15, 0.2) is 51.7 Å².